The highest BCUT2D eigenvalue weighted by Gasteiger charge is 2.21. The van der Waals surface area contributed by atoms with Crippen molar-refractivity contribution < 1.29 is 13.9 Å². The van der Waals surface area contributed by atoms with Crippen LogP contribution in [0.3, 0.4) is 0 Å². The Labute approximate surface area is 169 Å². The van der Waals surface area contributed by atoms with Crippen LogP contribution in [0, 0.1) is 5.82 Å². The second kappa shape index (κ2) is 8.34. The van der Waals surface area contributed by atoms with Crippen molar-refractivity contribution in [2.75, 3.05) is 31.0 Å². The molecule has 6 nitrogen and oxygen atoms in total. The van der Waals surface area contributed by atoms with Crippen LogP contribution in [0.5, 0.6) is 11.5 Å². The Kier molecular flexibility index (Phi) is 5.46. The van der Waals surface area contributed by atoms with Gasteiger partial charge in [0.15, 0.2) is 11.5 Å². The zero-order valence-electron chi connectivity index (χ0n) is 16.5. The van der Waals surface area contributed by atoms with Crippen molar-refractivity contribution in [1.82, 2.24) is 9.97 Å². The standard InChI is InChI=1S/C22H23FN4O2/c1-28-19-11-15-8-10-27(14-17(15)12-20(19)29-2)22-24-9-7-21(26-22)25-13-16-5-3-4-6-18(16)23/h3-7,9,11-12H,8,10,13-14H2,1-2H3,(H,24,25,26). The summed E-state index contributed by atoms with van der Waals surface area (Å²) in [6, 6.07) is 12.6. The first kappa shape index (κ1) is 19.0. The quantitative estimate of drug-likeness (QED) is 0.686. The Morgan fingerprint density at radius 3 is 2.59 bits per heavy atom. The summed E-state index contributed by atoms with van der Waals surface area (Å²) in [7, 11) is 3.28. The van der Waals surface area contributed by atoms with Crippen LogP contribution >= 0.6 is 0 Å². The van der Waals surface area contributed by atoms with E-state index < -0.39 is 0 Å². The third-order valence-electron chi connectivity index (χ3n) is 5.06. The molecule has 0 saturated carbocycles. The molecular weight excluding hydrogens is 371 g/mol. The van der Waals surface area contributed by atoms with Crippen molar-refractivity contribution in [2.24, 2.45) is 0 Å². The van der Waals surface area contributed by atoms with E-state index in [1.54, 1.807) is 38.6 Å². The van der Waals surface area contributed by atoms with Crippen LogP contribution in [0.2, 0.25) is 0 Å². The summed E-state index contributed by atoms with van der Waals surface area (Å²) in [4.78, 5) is 11.2. The van der Waals surface area contributed by atoms with Gasteiger partial charge in [0, 0.05) is 31.4 Å². The molecule has 0 radical (unpaired) electrons. The first-order chi connectivity index (χ1) is 14.2. The fraction of sp³-hybridized carbons (Fsp3) is 0.273. The van der Waals surface area contributed by atoms with E-state index in [0.717, 1.165) is 18.7 Å². The second-order valence-corrected chi connectivity index (χ2v) is 6.83. The van der Waals surface area contributed by atoms with Crippen LogP contribution in [0.1, 0.15) is 16.7 Å². The lowest BCUT2D eigenvalue weighted by molar-refractivity contribution is 0.353. The summed E-state index contributed by atoms with van der Waals surface area (Å²) in [6.07, 6.45) is 2.59. The Morgan fingerprint density at radius 2 is 1.83 bits per heavy atom. The highest BCUT2D eigenvalue weighted by molar-refractivity contribution is 5.51. The van der Waals surface area contributed by atoms with Crippen molar-refractivity contribution in [2.45, 2.75) is 19.5 Å². The zero-order valence-corrected chi connectivity index (χ0v) is 16.5. The Hall–Kier alpha value is -3.35. The molecule has 1 aliphatic heterocycles. The third-order valence-corrected chi connectivity index (χ3v) is 5.06. The minimum absolute atomic E-state index is 0.230. The number of halogens is 1. The van der Waals surface area contributed by atoms with E-state index in [0.29, 0.717) is 36.2 Å². The van der Waals surface area contributed by atoms with Crippen LogP contribution in [-0.2, 0) is 19.5 Å². The lowest BCUT2D eigenvalue weighted by Gasteiger charge is -2.29. The van der Waals surface area contributed by atoms with Crippen molar-refractivity contribution in [1.29, 1.82) is 0 Å². The van der Waals surface area contributed by atoms with E-state index in [-0.39, 0.29) is 5.82 Å². The van der Waals surface area contributed by atoms with E-state index in [4.69, 9.17) is 9.47 Å². The molecule has 2 heterocycles. The summed E-state index contributed by atoms with van der Waals surface area (Å²) < 4.78 is 24.7. The average Bonchev–Trinajstić information content (AvgIpc) is 2.77. The third kappa shape index (κ3) is 4.08. The molecule has 0 unspecified atom stereocenters. The molecule has 0 atom stereocenters. The van der Waals surface area contributed by atoms with Gasteiger partial charge in [-0.2, -0.15) is 4.98 Å². The van der Waals surface area contributed by atoms with E-state index >= 15 is 0 Å². The Balaban J connectivity index is 1.50. The molecule has 0 aliphatic carbocycles. The van der Waals surface area contributed by atoms with E-state index in [1.165, 1.54) is 17.2 Å². The Bertz CT molecular complexity index is 1010. The molecule has 1 N–H and O–H groups in total. The van der Waals surface area contributed by atoms with E-state index in [1.807, 2.05) is 18.2 Å². The van der Waals surface area contributed by atoms with Gasteiger partial charge in [-0.25, -0.2) is 9.37 Å². The van der Waals surface area contributed by atoms with Gasteiger partial charge in [0.25, 0.3) is 0 Å². The summed E-state index contributed by atoms with van der Waals surface area (Å²) >= 11 is 0. The molecular formula is C22H23FN4O2. The fourth-order valence-electron chi connectivity index (χ4n) is 3.48. The van der Waals surface area contributed by atoms with Gasteiger partial charge < -0.3 is 19.7 Å². The molecule has 7 heteroatoms. The molecule has 4 rings (SSSR count). The van der Waals surface area contributed by atoms with Crippen molar-refractivity contribution >= 4 is 11.8 Å². The van der Waals surface area contributed by atoms with Crippen LogP contribution in [-0.4, -0.2) is 30.7 Å². The number of methoxy groups -OCH3 is 2. The van der Waals surface area contributed by atoms with Gasteiger partial charge in [0.05, 0.1) is 14.2 Å². The van der Waals surface area contributed by atoms with Gasteiger partial charge in [-0.3, -0.25) is 0 Å². The molecule has 3 aromatic rings. The number of nitrogens with one attached hydrogen (secondary N) is 1. The minimum atomic E-state index is -0.230. The number of anilines is 2. The van der Waals surface area contributed by atoms with Crippen LogP contribution in [0.25, 0.3) is 0 Å². The maximum absolute atomic E-state index is 13.8. The first-order valence-corrected chi connectivity index (χ1v) is 9.47. The molecule has 150 valence electrons. The summed E-state index contributed by atoms with van der Waals surface area (Å²) in [5.74, 6) is 2.54. The number of hydrogen-bond acceptors (Lipinski definition) is 6. The highest BCUT2D eigenvalue weighted by atomic mass is 19.1. The predicted molar refractivity (Wildman–Crippen MR) is 110 cm³/mol. The molecule has 1 aromatic heterocycles. The number of benzene rings is 2. The normalized spacial score (nSPS) is 13.0. The average molecular weight is 394 g/mol. The molecule has 0 bridgehead atoms. The number of nitrogens with zero attached hydrogens (tertiary/aromatic N) is 3. The number of rotatable bonds is 6. The molecule has 2 aromatic carbocycles. The van der Waals surface area contributed by atoms with Gasteiger partial charge in [0.1, 0.15) is 11.6 Å². The molecule has 0 saturated heterocycles. The predicted octanol–water partition coefficient (Wildman–Crippen LogP) is 3.81. The minimum Gasteiger partial charge on any atom is -0.493 e. The van der Waals surface area contributed by atoms with Gasteiger partial charge in [0.2, 0.25) is 5.95 Å². The summed E-state index contributed by atoms with van der Waals surface area (Å²) in [6.45, 7) is 1.86. The van der Waals surface area contributed by atoms with Crippen molar-refractivity contribution in [3.8, 4) is 11.5 Å². The second-order valence-electron chi connectivity index (χ2n) is 6.83. The van der Waals surface area contributed by atoms with Crippen LogP contribution < -0.4 is 19.7 Å². The van der Waals surface area contributed by atoms with E-state index in [9.17, 15) is 4.39 Å². The monoisotopic (exact) mass is 394 g/mol. The number of hydrogen-bond donors (Lipinski definition) is 1. The lowest BCUT2D eigenvalue weighted by atomic mass is 9.99. The zero-order chi connectivity index (χ0) is 20.2. The SMILES string of the molecule is COc1cc2c(cc1OC)CN(c1nccc(NCc3ccccc3F)n1)CC2. The maximum Gasteiger partial charge on any atom is 0.227 e. The van der Waals surface area contributed by atoms with E-state index in [2.05, 4.69) is 20.2 Å². The molecule has 29 heavy (non-hydrogen) atoms. The lowest BCUT2D eigenvalue weighted by Crippen LogP contribution is -2.32. The molecule has 0 fully saturated rings. The van der Waals surface area contributed by atoms with Gasteiger partial charge in [-0.1, -0.05) is 18.2 Å². The number of ether oxygens (including phenoxy) is 2. The largest absolute Gasteiger partial charge is 0.493 e. The molecule has 0 amide bonds. The van der Waals surface area contributed by atoms with Gasteiger partial charge in [-0.05, 0) is 41.8 Å². The summed E-state index contributed by atoms with van der Waals surface area (Å²) in [5, 5.41) is 3.18. The fourth-order valence-corrected chi connectivity index (χ4v) is 3.48. The molecule has 1 aliphatic rings. The highest BCUT2D eigenvalue weighted by Crippen LogP contribution is 2.34. The number of fused-ring (bicyclic) bond motifs is 1. The topological polar surface area (TPSA) is 59.5 Å². The van der Waals surface area contributed by atoms with Gasteiger partial charge >= 0.3 is 0 Å². The maximum atomic E-state index is 13.8. The van der Waals surface area contributed by atoms with Gasteiger partial charge in [-0.15, -0.1) is 0 Å². The van der Waals surface area contributed by atoms with Crippen LogP contribution in [0.15, 0.2) is 48.7 Å². The molecule has 0 spiro atoms. The smallest absolute Gasteiger partial charge is 0.227 e. The van der Waals surface area contributed by atoms with Crippen molar-refractivity contribution in [3.05, 3.63) is 71.2 Å². The summed E-state index contributed by atoms with van der Waals surface area (Å²) in [5.41, 5.74) is 3.01. The Morgan fingerprint density at radius 1 is 1.07 bits per heavy atom. The number of aromatic nitrogens is 2. The van der Waals surface area contributed by atoms with Crippen LogP contribution in [0.4, 0.5) is 16.2 Å². The van der Waals surface area contributed by atoms with Crippen molar-refractivity contribution in [3.63, 3.8) is 0 Å². The first-order valence-electron chi connectivity index (χ1n) is 9.47.